The van der Waals surface area contributed by atoms with Crippen LogP contribution in [0.4, 0.5) is 0 Å². The van der Waals surface area contributed by atoms with E-state index >= 15 is 0 Å². The molecule has 1 aliphatic rings. The van der Waals surface area contributed by atoms with Crippen LogP contribution in [0.2, 0.25) is 0 Å². The molecule has 1 aliphatic heterocycles. The van der Waals surface area contributed by atoms with Crippen LogP contribution < -0.4 is 0 Å². The third-order valence-electron chi connectivity index (χ3n) is 13.2. The molecule has 0 aliphatic carbocycles. The molecule has 0 aromatic carbocycles. The van der Waals surface area contributed by atoms with E-state index in [1.165, 1.54) is 103 Å². The smallest absolute Gasteiger partial charge is 0.335 e. The molecule has 1 rings (SSSR count). The van der Waals surface area contributed by atoms with Gasteiger partial charge in [0.15, 0.2) is 24.6 Å². The summed E-state index contributed by atoms with van der Waals surface area (Å²) in [7, 11) is 0. The number of carboxylic acids is 1. The lowest BCUT2D eigenvalue weighted by molar-refractivity contribution is -0.301. The van der Waals surface area contributed by atoms with E-state index in [1.807, 2.05) is 0 Å². The number of carboxylic acid groups (broad SMARTS) is 1. The predicted molar refractivity (Wildman–Crippen MR) is 285 cm³/mol. The largest absolute Gasteiger partial charge is 0.479 e. The van der Waals surface area contributed by atoms with Crippen LogP contribution in [-0.4, -0.2) is 89.2 Å². The summed E-state index contributed by atoms with van der Waals surface area (Å²) in [5, 5.41) is 31.4. The summed E-state index contributed by atoms with van der Waals surface area (Å²) in [6.45, 7) is 5.93. The molecule has 1 fully saturated rings. The van der Waals surface area contributed by atoms with Crippen LogP contribution >= 0.6 is 0 Å². The van der Waals surface area contributed by atoms with Gasteiger partial charge in [-0.05, 0) is 77.0 Å². The highest BCUT2D eigenvalue weighted by Crippen LogP contribution is 2.26. The maximum Gasteiger partial charge on any atom is 0.335 e. The van der Waals surface area contributed by atoms with Gasteiger partial charge in [-0.2, -0.15) is 0 Å². The molecular formula is C59H104O12. The van der Waals surface area contributed by atoms with Crippen molar-refractivity contribution in [3.63, 3.8) is 0 Å². The standard InChI is InChI=1S/C59H104O12/c1-4-7-10-13-16-19-22-24-25-26-27-29-31-33-36-39-42-45-51(60)67-48-50(69-52(61)46-43-40-37-35-32-28-23-20-17-14-11-8-5-2)49-68-59-57(55(64)54(63)56(71-59)58(65)66)70-53(62)47-44-41-38-34-30-21-18-15-12-9-6-3/h16,19-20,23-25,50,54-57,59,63-64H,4-15,17-18,21-22,26-49H2,1-3H3,(H,65,66)/b19-16-,23-20-,25-24-. The molecule has 6 unspecified atom stereocenters. The third-order valence-corrected chi connectivity index (χ3v) is 13.2. The molecule has 0 radical (unpaired) electrons. The number of hydrogen-bond acceptors (Lipinski definition) is 11. The van der Waals surface area contributed by atoms with Gasteiger partial charge in [0.1, 0.15) is 18.8 Å². The number of carbonyl (C=O) groups excluding carboxylic acids is 3. The minimum absolute atomic E-state index is 0.0629. The predicted octanol–water partition coefficient (Wildman–Crippen LogP) is 14.5. The van der Waals surface area contributed by atoms with Crippen LogP contribution in [0, 0.1) is 0 Å². The normalized spacial score (nSPS) is 18.7. The second kappa shape index (κ2) is 47.9. The summed E-state index contributed by atoms with van der Waals surface area (Å²) < 4.78 is 28.4. The maximum atomic E-state index is 13.1. The van der Waals surface area contributed by atoms with Crippen LogP contribution in [-0.2, 0) is 42.9 Å². The van der Waals surface area contributed by atoms with Gasteiger partial charge < -0.3 is 39.0 Å². The van der Waals surface area contributed by atoms with Crippen molar-refractivity contribution in [1.82, 2.24) is 0 Å². The van der Waals surface area contributed by atoms with Gasteiger partial charge in [-0.25, -0.2) is 4.79 Å². The Labute approximate surface area is 431 Å². The molecule has 412 valence electrons. The Bertz CT molecular complexity index is 1380. The van der Waals surface area contributed by atoms with Gasteiger partial charge in [0.2, 0.25) is 0 Å². The number of aliphatic hydroxyl groups excluding tert-OH is 2. The van der Waals surface area contributed by atoms with Crippen molar-refractivity contribution < 1.29 is 58.2 Å². The summed E-state index contributed by atoms with van der Waals surface area (Å²) in [4.78, 5) is 51.0. The topological polar surface area (TPSA) is 175 Å². The zero-order valence-electron chi connectivity index (χ0n) is 45.2. The van der Waals surface area contributed by atoms with Crippen LogP contribution in [0.25, 0.3) is 0 Å². The summed E-state index contributed by atoms with van der Waals surface area (Å²) in [5.41, 5.74) is 0. The molecule has 0 bridgehead atoms. The van der Waals surface area contributed by atoms with Gasteiger partial charge in [0.25, 0.3) is 0 Å². The van der Waals surface area contributed by atoms with Crippen LogP contribution in [0.5, 0.6) is 0 Å². The molecule has 3 N–H and O–H groups in total. The first-order valence-corrected chi connectivity index (χ1v) is 29.0. The Morgan fingerprint density at radius 3 is 1.32 bits per heavy atom. The number of hydrogen-bond donors (Lipinski definition) is 3. The molecule has 0 spiro atoms. The minimum Gasteiger partial charge on any atom is -0.479 e. The first kappa shape index (κ1) is 66.0. The quantitative estimate of drug-likeness (QED) is 0.0228. The van der Waals surface area contributed by atoms with E-state index in [0.29, 0.717) is 19.3 Å². The molecule has 0 saturated carbocycles. The lowest BCUT2D eigenvalue weighted by Crippen LogP contribution is -2.61. The zero-order valence-corrected chi connectivity index (χ0v) is 45.2. The maximum absolute atomic E-state index is 13.1. The van der Waals surface area contributed by atoms with Crippen molar-refractivity contribution in [2.45, 2.75) is 302 Å². The fourth-order valence-electron chi connectivity index (χ4n) is 8.69. The fourth-order valence-corrected chi connectivity index (χ4v) is 8.69. The number of esters is 3. The summed E-state index contributed by atoms with van der Waals surface area (Å²) >= 11 is 0. The van der Waals surface area contributed by atoms with Gasteiger partial charge in [-0.1, -0.05) is 205 Å². The minimum atomic E-state index is -1.90. The molecule has 0 aromatic heterocycles. The second-order valence-corrected chi connectivity index (χ2v) is 19.9. The highest BCUT2D eigenvalue weighted by atomic mass is 16.7. The first-order chi connectivity index (χ1) is 34.6. The Hall–Kier alpha value is -3.06. The first-order valence-electron chi connectivity index (χ1n) is 29.0. The number of allylic oxidation sites excluding steroid dienone is 6. The van der Waals surface area contributed by atoms with Crippen LogP contribution in [0.1, 0.15) is 265 Å². The SMILES string of the molecule is CCCCC/C=C\C/C=C\CCCCCCCCCC(=O)OCC(COC1OC(C(=O)O)C(O)C(O)C1OC(=O)CCCCCCCCCCCCC)OC(=O)CCCCCCC/C=C\CCCCCC. The van der Waals surface area contributed by atoms with Crippen molar-refractivity contribution >= 4 is 23.9 Å². The van der Waals surface area contributed by atoms with Crippen LogP contribution in [0.3, 0.4) is 0 Å². The number of aliphatic hydroxyl groups is 2. The molecule has 6 atom stereocenters. The van der Waals surface area contributed by atoms with E-state index in [-0.39, 0.29) is 25.9 Å². The fraction of sp³-hybridized carbons (Fsp3) is 0.831. The Balaban J connectivity index is 2.69. The van der Waals surface area contributed by atoms with Crippen LogP contribution in [0.15, 0.2) is 36.5 Å². The number of rotatable bonds is 49. The average molecular weight is 1010 g/mol. The number of unbranched alkanes of at least 4 members (excludes halogenated alkanes) is 29. The lowest BCUT2D eigenvalue weighted by Gasteiger charge is -2.40. The molecule has 12 nitrogen and oxygen atoms in total. The number of aliphatic carboxylic acids is 1. The van der Waals surface area contributed by atoms with E-state index in [2.05, 4.69) is 57.2 Å². The second-order valence-electron chi connectivity index (χ2n) is 19.9. The lowest BCUT2D eigenvalue weighted by atomic mass is 9.98. The van der Waals surface area contributed by atoms with Crippen molar-refractivity contribution in [2.24, 2.45) is 0 Å². The molecule has 0 aromatic rings. The molecule has 1 saturated heterocycles. The van der Waals surface area contributed by atoms with Gasteiger partial charge >= 0.3 is 23.9 Å². The third kappa shape index (κ3) is 38.2. The molecular weight excluding hydrogens is 901 g/mol. The van der Waals surface area contributed by atoms with E-state index in [4.69, 9.17) is 23.7 Å². The summed E-state index contributed by atoms with van der Waals surface area (Å²) in [6, 6.07) is 0. The van der Waals surface area contributed by atoms with Gasteiger partial charge in [-0.15, -0.1) is 0 Å². The van der Waals surface area contributed by atoms with E-state index in [9.17, 15) is 34.5 Å². The molecule has 71 heavy (non-hydrogen) atoms. The van der Waals surface area contributed by atoms with Crippen molar-refractivity contribution in [2.75, 3.05) is 13.2 Å². The highest BCUT2D eigenvalue weighted by molar-refractivity contribution is 5.74. The van der Waals surface area contributed by atoms with Crippen molar-refractivity contribution in [3.8, 4) is 0 Å². The Morgan fingerprint density at radius 1 is 0.465 bits per heavy atom. The highest BCUT2D eigenvalue weighted by Gasteiger charge is 2.50. The zero-order chi connectivity index (χ0) is 51.8. The van der Waals surface area contributed by atoms with Crippen molar-refractivity contribution in [3.05, 3.63) is 36.5 Å². The van der Waals surface area contributed by atoms with Crippen molar-refractivity contribution in [1.29, 1.82) is 0 Å². The van der Waals surface area contributed by atoms with E-state index in [0.717, 1.165) is 103 Å². The van der Waals surface area contributed by atoms with Gasteiger partial charge in [0, 0.05) is 19.3 Å². The number of ether oxygens (including phenoxy) is 5. The average Bonchev–Trinajstić information content (AvgIpc) is 3.35. The monoisotopic (exact) mass is 1000 g/mol. The Kier molecular flexibility index (Phi) is 44.5. The summed E-state index contributed by atoms with van der Waals surface area (Å²) in [6.07, 6.45) is 42.6. The van der Waals surface area contributed by atoms with Gasteiger partial charge in [0.05, 0.1) is 6.61 Å². The van der Waals surface area contributed by atoms with E-state index < -0.39 is 67.3 Å². The summed E-state index contributed by atoms with van der Waals surface area (Å²) in [5.74, 6) is -3.12. The number of carbonyl (C=O) groups is 4. The molecule has 0 amide bonds. The molecule has 1 heterocycles. The van der Waals surface area contributed by atoms with E-state index in [1.54, 1.807) is 0 Å². The molecule has 12 heteroatoms. The van der Waals surface area contributed by atoms with Gasteiger partial charge in [-0.3, -0.25) is 14.4 Å². The Morgan fingerprint density at radius 2 is 0.845 bits per heavy atom.